The van der Waals surface area contributed by atoms with Gasteiger partial charge < -0.3 is 25.4 Å². The number of rotatable bonds is 10. The monoisotopic (exact) mass is 585 g/mol. The summed E-state index contributed by atoms with van der Waals surface area (Å²) in [5.74, 6) is -1.31. The van der Waals surface area contributed by atoms with Crippen molar-refractivity contribution in [1.29, 1.82) is 0 Å². The van der Waals surface area contributed by atoms with Crippen LogP contribution in [0.5, 0.6) is 0 Å². The first-order chi connectivity index (χ1) is 20.2. The van der Waals surface area contributed by atoms with Gasteiger partial charge in [-0.25, -0.2) is 13.6 Å². The molecule has 2 aliphatic rings. The Labute approximate surface area is 248 Å². The zero-order valence-corrected chi connectivity index (χ0v) is 25.1. The molecule has 3 N–H and O–H groups in total. The quantitative estimate of drug-likeness (QED) is 0.319. The minimum atomic E-state index is -1.65. The molecule has 0 unspecified atom stereocenters. The van der Waals surface area contributed by atoms with Crippen molar-refractivity contribution >= 4 is 12.0 Å². The third kappa shape index (κ3) is 7.48. The van der Waals surface area contributed by atoms with E-state index in [0.717, 1.165) is 43.9 Å². The summed E-state index contributed by atoms with van der Waals surface area (Å²) >= 11 is 0. The highest BCUT2D eigenvalue weighted by atomic mass is 19.1. The second-order valence-corrected chi connectivity index (χ2v) is 12.0. The van der Waals surface area contributed by atoms with Crippen molar-refractivity contribution in [2.75, 3.05) is 40.3 Å². The number of hydrogen-bond donors (Lipinski definition) is 3. The minimum absolute atomic E-state index is 0.0383. The van der Waals surface area contributed by atoms with Crippen LogP contribution in [0.15, 0.2) is 36.4 Å². The molecule has 2 aromatic carbocycles. The standard InChI is InChI=1S/C33H45F2N3O4/c1-22-7-4-8-25(17-22)30-28(18-27(34)19-29(30)35)33(41,14-6-15-37-32(40)42-3)26-9-5-16-38(21-26)31(39)24-12-10-23(11-13-24)20-36-2/h4,7-8,17-19,23-24,26,36,41H,5-6,9-16,20-21H2,1-3H3,(H,37,40)/t23?,24?,26-,33+/m1/s1. The van der Waals surface area contributed by atoms with Gasteiger partial charge in [-0.3, -0.25) is 4.79 Å². The molecule has 4 rings (SSSR count). The van der Waals surface area contributed by atoms with Crippen molar-refractivity contribution in [3.63, 3.8) is 0 Å². The van der Waals surface area contributed by atoms with E-state index in [9.17, 15) is 19.1 Å². The highest BCUT2D eigenvalue weighted by Gasteiger charge is 2.44. The molecule has 1 aliphatic carbocycles. The molecule has 9 heteroatoms. The summed E-state index contributed by atoms with van der Waals surface area (Å²) in [5.41, 5.74) is 0.149. The molecule has 7 nitrogen and oxygen atoms in total. The topological polar surface area (TPSA) is 90.9 Å². The minimum Gasteiger partial charge on any atom is -0.453 e. The Morgan fingerprint density at radius 2 is 1.88 bits per heavy atom. The van der Waals surface area contributed by atoms with Gasteiger partial charge in [0.25, 0.3) is 0 Å². The Balaban J connectivity index is 1.65. The fourth-order valence-electron chi connectivity index (χ4n) is 6.92. The maximum absolute atomic E-state index is 15.6. The van der Waals surface area contributed by atoms with Crippen molar-refractivity contribution in [3.8, 4) is 11.1 Å². The van der Waals surface area contributed by atoms with Crippen LogP contribution >= 0.6 is 0 Å². The number of ether oxygens (including phenoxy) is 1. The molecule has 1 aliphatic heterocycles. The summed E-state index contributed by atoms with van der Waals surface area (Å²) in [7, 11) is 3.22. The number of likely N-dealkylation sites (tertiary alicyclic amines) is 1. The molecule has 0 bridgehead atoms. The zero-order chi connectivity index (χ0) is 30.3. The number of alkyl carbamates (subject to hydrolysis) is 1. The fraction of sp³-hybridized carbons (Fsp3) is 0.576. The molecule has 0 aromatic heterocycles. The van der Waals surface area contributed by atoms with Gasteiger partial charge in [0.05, 0.1) is 12.7 Å². The van der Waals surface area contributed by atoms with E-state index in [1.54, 1.807) is 6.07 Å². The molecule has 230 valence electrons. The van der Waals surface area contributed by atoms with Crippen LogP contribution in [0, 0.1) is 36.3 Å². The highest BCUT2D eigenvalue weighted by molar-refractivity contribution is 5.79. The van der Waals surface area contributed by atoms with Gasteiger partial charge in [-0.1, -0.05) is 29.8 Å². The number of aliphatic hydroxyl groups is 1. The first-order valence-electron chi connectivity index (χ1n) is 15.2. The molecule has 2 aromatic rings. The number of methoxy groups -OCH3 is 1. The lowest BCUT2D eigenvalue weighted by molar-refractivity contribution is -0.142. The molecular weight excluding hydrogens is 540 g/mol. The second-order valence-electron chi connectivity index (χ2n) is 12.0. The number of benzene rings is 2. The molecule has 1 heterocycles. The average molecular weight is 586 g/mol. The maximum Gasteiger partial charge on any atom is 0.406 e. The van der Waals surface area contributed by atoms with Crippen molar-refractivity contribution < 1.29 is 28.2 Å². The lowest BCUT2D eigenvalue weighted by Gasteiger charge is -2.44. The number of nitrogens with one attached hydrogen (secondary N) is 2. The molecular formula is C33H45F2N3O4. The van der Waals surface area contributed by atoms with E-state index in [-0.39, 0.29) is 35.9 Å². The molecule has 2 fully saturated rings. The summed E-state index contributed by atoms with van der Waals surface area (Å²) in [4.78, 5) is 27.2. The van der Waals surface area contributed by atoms with Crippen LogP contribution in [0.3, 0.4) is 0 Å². The van der Waals surface area contributed by atoms with Gasteiger partial charge in [-0.2, -0.15) is 0 Å². The number of halogens is 2. The van der Waals surface area contributed by atoms with E-state index >= 15 is 4.39 Å². The number of hydrogen-bond acceptors (Lipinski definition) is 5. The van der Waals surface area contributed by atoms with E-state index < -0.39 is 29.2 Å². The Bertz CT molecular complexity index is 1230. The van der Waals surface area contributed by atoms with Crippen LogP contribution in [0.25, 0.3) is 11.1 Å². The fourth-order valence-corrected chi connectivity index (χ4v) is 6.92. The van der Waals surface area contributed by atoms with Crippen LogP contribution in [-0.4, -0.2) is 62.3 Å². The third-order valence-corrected chi connectivity index (χ3v) is 9.11. The predicted molar refractivity (Wildman–Crippen MR) is 159 cm³/mol. The average Bonchev–Trinajstić information content (AvgIpc) is 2.99. The number of carbonyl (C=O) groups excluding carboxylic acids is 2. The molecule has 42 heavy (non-hydrogen) atoms. The van der Waals surface area contributed by atoms with Gasteiger partial charge >= 0.3 is 6.09 Å². The normalized spacial score (nSPS) is 22.3. The summed E-state index contributed by atoms with van der Waals surface area (Å²) in [6.07, 6.45) is 4.90. The van der Waals surface area contributed by atoms with Crippen molar-refractivity contribution in [1.82, 2.24) is 15.5 Å². The van der Waals surface area contributed by atoms with Crippen molar-refractivity contribution in [2.45, 2.75) is 63.9 Å². The highest BCUT2D eigenvalue weighted by Crippen LogP contribution is 2.45. The first kappa shape index (κ1) is 31.9. The summed E-state index contributed by atoms with van der Waals surface area (Å²) in [5, 5.41) is 18.4. The van der Waals surface area contributed by atoms with Crippen LogP contribution in [0.4, 0.5) is 13.6 Å². The van der Waals surface area contributed by atoms with Gasteiger partial charge in [0.1, 0.15) is 11.6 Å². The molecule has 2 atom stereocenters. The number of aryl methyl sites for hydroxylation is 1. The third-order valence-electron chi connectivity index (χ3n) is 9.11. The summed E-state index contributed by atoms with van der Waals surface area (Å²) < 4.78 is 35.1. The van der Waals surface area contributed by atoms with Gasteiger partial charge in [0, 0.05) is 43.1 Å². The van der Waals surface area contributed by atoms with Crippen LogP contribution in [0.1, 0.15) is 62.5 Å². The van der Waals surface area contributed by atoms with Gasteiger partial charge in [0.15, 0.2) is 0 Å². The maximum atomic E-state index is 15.6. The van der Waals surface area contributed by atoms with Crippen LogP contribution < -0.4 is 10.6 Å². The SMILES string of the molecule is CNCC1CCC(C(=O)N2CCC[C@@H]([C@@](O)(CCCNC(=O)OC)c3cc(F)cc(F)c3-c3cccc(C)c3)C2)CC1. The predicted octanol–water partition coefficient (Wildman–Crippen LogP) is 5.53. The lowest BCUT2D eigenvalue weighted by atomic mass is 9.71. The van der Waals surface area contributed by atoms with Crippen molar-refractivity contribution in [3.05, 3.63) is 59.2 Å². The number of amides is 2. The van der Waals surface area contributed by atoms with Crippen LogP contribution in [-0.2, 0) is 15.1 Å². The van der Waals surface area contributed by atoms with Crippen LogP contribution in [0.2, 0.25) is 0 Å². The number of nitrogens with zero attached hydrogens (tertiary/aromatic N) is 1. The summed E-state index contributed by atoms with van der Waals surface area (Å²) in [6, 6.07) is 9.36. The largest absolute Gasteiger partial charge is 0.453 e. The van der Waals surface area contributed by atoms with Gasteiger partial charge in [0.2, 0.25) is 5.91 Å². The molecule has 0 spiro atoms. The summed E-state index contributed by atoms with van der Waals surface area (Å²) in [6.45, 7) is 3.98. The molecule has 1 saturated carbocycles. The zero-order valence-electron chi connectivity index (χ0n) is 25.1. The van der Waals surface area contributed by atoms with E-state index in [1.165, 1.54) is 13.2 Å². The molecule has 1 saturated heterocycles. The lowest BCUT2D eigenvalue weighted by Crippen LogP contribution is -2.50. The van der Waals surface area contributed by atoms with Crippen molar-refractivity contribution in [2.24, 2.45) is 17.8 Å². The number of carbonyl (C=O) groups is 2. The Morgan fingerprint density at radius 1 is 1.12 bits per heavy atom. The Morgan fingerprint density at radius 3 is 2.57 bits per heavy atom. The smallest absolute Gasteiger partial charge is 0.406 e. The van der Waals surface area contributed by atoms with E-state index in [1.807, 2.05) is 37.1 Å². The number of piperidine rings is 1. The second kappa shape index (κ2) is 14.4. The van der Waals surface area contributed by atoms with Gasteiger partial charge in [-0.05, 0) is 95.0 Å². The van der Waals surface area contributed by atoms with E-state index in [0.29, 0.717) is 43.8 Å². The Hall–Kier alpha value is -3.04. The van der Waals surface area contributed by atoms with E-state index in [2.05, 4.69) is 15.4 Å². The molecule has 2 amide bonds. The first-order valence-corrected chi connectivity index (χ1v) is 15.2. The Kier molecular flexibility index (Phi) is 11.0. The van der Waals surface area contributed by atoms with E-state index in [4.69, 9.17) is 0 Å². The van der Waals surface area contributed by atoms with Gasteiger partial charge in [-0.15, -0.1) is 0 Å². The molecule has 0 radical (unpaired) electrons.